The molecule has 0 aliphatic heterocycles. The number of benzene rings is 2. The maximum absolute atomic E-state index is 12.3. The van der Waals surface area contributed by atoms with Gasteiger partial charge in [-0.1, -0.05) is 18.2 Å². The second kappa shape index (κ2) is 8.91. The third-order valence-electron chi connectivity index (χ3n) is 3.79. The summed E-state index contributed by atoms with van der Waals surface area (Å²) in [7, 11) is -4.17. The van der Waals surface area contributed by atoms with Crippen molar-refractivity contribution in [1.29, 1.82) is 0 Å². The minimum atomic E-state index is -4.17. The van der Waals surface area contributed by atoms with Gasteiger partial charge in [0.15, 0.2) is 0 Å². The quantitative estimate of drug-likeness (QED) is 0.511. The summed E-state index contributed by atoms with van der Waals surface area (Å²) in [4.78, 5) is 24.1. The molecule has 0 aliphatic rings. The van der Waals surface area contributed by atoms with Gasteiger partial charge in [0.05, 0.1) is 22.5 Å². The van der Waals surface area contributed by atoms with Crippen molar-refractivity contribution in [3.05, 3.63) is 69.3 Å². The molecule has 0 fully saturated rings. The Morgan fingerprint density at radius 3 is 2.39 bits per heavy atom. The van der Waals surface area contributed by atoms with Crippen molar-refractivity contribution in [2.75, 3.05) is 0 Å². The van der Waals surface area contributed by atoms with Crippen molar-refractivity contribution in [2.24, 2.45) is 0 Å². The molecule has 10 heteroatoms. The molecule has 1 amide bonds. The van der Waals surface area contributed by atoms with Crippen LogP contribution in [0.3, 0.4) is 0 Å². The number of nitro groups is 1. The molecule has 0 bridgehead atoms. The minimum Gasteiger partial charge on any atom is -0.374 e. The van der Waals surface area contributed by atoms with Crippen LogP contribution in [-0.2, 0) is 21.4 Å². The Kier molecular flexibility index (Phi) is 6.84. The number of nitro benzene ring substituents is 1. The second-order valence-electron chi connectivity index (χ2n) is 6.32. The highest BCUT2D eigenvalue weighted by Crippen LogP contribution is 2.21. The van der Waals surface area contributed by atoms with Gasteiger partial charge in [0.1, 0.15) is 0 Å². The third kappa shape index (κ3) is 5.59. The molecule has 2 aromatic rings. The molecule has 0 saturated carbocycles. The van der Waals surface area contributed by atoms with Crippen LogP contribution in [0.5, 0.6) is 0 Å². The first-order chi connectivity index (χ1) is 13.1. The Morgan fingerprint density at radius 1 is 1.18 bits per heavy atom. The van der Waals surface area contributed by atoms with Gasteiger partial charge in [0.25, 0.3) is 21.6 Å². The van der Waals surface area contributed by atoms with E-state index >= 15 is 0 Å². The van der Waals surface area contributed by atoms with Crippen molar-refractivity contribution in [3.8, 4) is 0 Å². The molecule has 150 valence electrons. The molecule has 0 aliphatic carbocycles. The number of amides is 1. The highest BCUT2D eigenvalue weighted by molar-refractivity contribution is 7.89. The zero-order valence-corrected chi connectivity index (χ0v) is 16.4. The summed E-state index contributed by atoms with van der Waals surface area (Å²) in [5, 5.41) is 11.0. The molecule has 0 radical (unpaired) electrons. The van der Waals surface area contributed by atoms with Crippen molar-refractivity contribution in [1.82, 2.24) is 10.3 Å². The third-order valence-corrected chi connectivity index (χ3v) is 5.03. The first-order valence-electron chi connectivity index (χ1n) is 8.38. The van der Waals surface area contributed by atoms with Crippen LogP contribution >= 0.6 is 0 Å². The Bertz CT molecular complexity index is 971. The highest BCUT2D eigenvalue weighted by Gasteiger charge is 2.20. The van der Waals surface area contributed by atoms with Crippen LogP contribution in [0.1, 0.15) is 35.3 Å². The zero-order valence-electron chi connectivity index (χ0n) is 15.6. The van der Waals surface area contributed by atoms with E-state index in [4.69, 9.17) is 4.74 Å². The van der Waals surface area contributed by atoms with E-state index in [0.29, 0.717) is 12.2 Å². The second-order valence-corrected chi connectivity index (χ2v) is 8.00. The van der Waals surface area contributed by atoms with Gasteiger partial charge in [-0.2, -0.15) is 0 Å². The molecule has 28 heavy (non-hydrogen) atoms. The average molecular weight is 407 g/mol. The number of hydrogen-bond donors (Lipinski definition) is 2. The van der Waals surface area contributed by atoms with Crippen molar-refractivity contribution in [3.63, 3.8) is 0 Å². The van der Waals surface area contributed by atoms with Crippen LogP contribution in [0, 0.1) is 17.0 Å². The average Bonchev–Trinajstić information content (AvgIpc) is 2.65. The van der Waals surface area contributed by atoms with Gasteiger partial charge in [0, 0.05) is 17.2 Å². The largest absolute Gasteiger partial charge is 0.374 e. The minimum absolute atomic E-state index is 0.0787. The molecular formula is C18H21N3O6S. The monoisotopic (exact) mass is 407 g/mol. The van der Waals surface area contributed by atoms with Crippen LogP contribution in [0.15, 0.2) is 47.4 Å². The van der Waals surface area contributed by atoms with Gasteiger partial charge in [-0.25, -0.2) is 8.42 Å². The molecule has 0 atom stereocenters. The number of ether oxygens (including phenoxy) is 1. The van der Waals surface area contributed by atoms with Gasteiger partial charge >= 0.3 is 0 Å². The highest BCUT2D eigenvalue weighted by atomic mass is 32.2. The molecule has 9 nitrogen and oxygen atoms in total. The van der Waals surface area contributed by atoms with E-state index in [1.165, 1.54) is 19.1 Å². The summed E-state index contributed by atoms with van der Waals surface area (Å²) in [6.07, 6.45) is 0.0787. The lowest BCUT2D eigenvalue weighted by Gasteiger charge is -2.10. The maximum atomic E-state index is 12.3. The summed E-state index contributed by atoms with van der Waals surface area (Å²) in [6, 6.07) is 9.98. The van der Waals surface area contributed by atoms with E-state index in [1.54, 1.807) is 24.3 Å². The number of carbonyl (C=O) groups excluding carboxylic acids is 1. The fraction of sp³-hybridized carbons (Fsp3) is 0.278. The van der Waals surface area contributed by atoms with Crippen LogP contribution < -0.4 is 10.3 Å². The topological polar surface area (TPSA) is 128 Å². The molecule has 0 aromatic heterocycles. The first-order valence-corrected chi connectivity index (χ1v) is 9.86. The van der Waals surface area contributed by atoms with Crippen LogP contribution in [0.4, 0.5) is 5.69 Å². The smallest absolute Gasteiger partial charge is 0.273 e. The number of hydrazine groups is 1. The number of aryl methyl sites for hydroxylation is 1. The van der Waals surface area contributed by atoms with E-state index in [2.05, 4.69) is 5.43 Å². The van der Waals surface area contributed by atoms with Gasteiger partial charge < -0.3 is 4.74 Å². The maximum Gasteiger partial charge on any atom is 0.273 e. The summed E-state index contributed by atoms with van der Waals surface area (Å²) in [5.41, 5.74) is 3.21. The van der Waals surface area contributed by atoms with Gasteiger partial charge in [-0.15, -0.1) is 4.83 Å². The number of nitrogens with one attached hydrogen (secondary N) is 2. The van der Waals surface area contributed by atoms with Crippen LogP contribution in [0.2, 0.25) is 0 Å². The number of carbonyl (C=O) groups is 1. The SMILES string of the molecule is Cc1ccc(S(=O)(=O)NNC(=O)c2ccc(COC(C)C)cc2)cc1[N+](=O)[O-]. The van der Waals surface area contributed by atoms with E-state index in [0.717, 1.165) is 11.6 Å². The Morgan fingerprint density at radius 2 is 1.82 bits per heavy atom. The van der Waals surface area contributed by atoms with E-state index in [9.17, 15) is 23.3 Å². The molecule has 2 rings (SSSR count). The predicted octanol–water partition coefficient (Wildman–Crippen LogP) is 2.45. The summed E-state index contributed by atoms with van der Waals surface area (Å²) < 4.78 is 30.0. The number of sulfonamides is 1. The summed E-state index contributed by atoms with van der Waals surface area (Å²) in [6.45, 7) is 5.73. The first kappa shape index (κ1) is 21.5. The molecule has 0 saturated heterocycles. The molecular weight excluding hydrogens is 386 g/mol. The van der Waals surface area contributed by atoms with E-state index in [-0.39, 0.29) is 22.3 Å². The Hall–Kier alpha value is -2.82. The fourth-order valence-electron chi connectivity index (χ4n) is 2.21. The van der Waals surface area contributed by atoms with Gasteiger partial charge in [-0.05, 0) is 44.5 Å². The van der Waals surface area contributed by atoms with E-state index in [1.807, 2.05) is 18.7 Å². The van der Waals surface area contributed by atoms with Crippen molar-refractivity contribution in [2.45, 2.75) is 38.4 Å². The summed E-state index contributed by atoms with van der Waals surface area (Å²) in [5.74, 6) is -0.665. The Labute approximate surface area is 162 Å². The Balaban J connectivity index is 2.05. The van der Waals surface area contributed by atoms with Crippen molar-refractivity contribution < 1.29 is 22.9 Å². The summed E-state index contributed by atoms with van der Waals surface area (Å²) >= 11 is 0. The molecule has 2 aromatic carbocycles. The van der Waals surface area contributed by atoms with Crippen molar-refractivity contribution >= 4 is 21.6 Å². The lowest BCUT2D eigenvalue weighted by Crippen LogP contribution is -2.41. The lowest BCUT2D eigenvalue weighted by molar-refractivity contribution is -0.385. The molecule has 0 unspecified atom stereocenters. The standard InChI is InChI=1S/C18H21N3O6S/c1-12(2)27-11-14-5-7-15(8-6-14)18(22)19-20-28(25,26)16-9-4-13(3)17(10-16)21(23)24/h4-10,12,20H,11H2,1-3H3,(H,19,22). The van der Waals surface area contributed by atoms with Gasteiger partial charge in [0.2, 0.25) is 0 Å². The fourth-order valence-corrected chi connectivity index (χ4v) is 3.07. The number of hydrogen-bond acceptors (Lipinski definition) is 6. The lowest BCUT2D eigenvalue weighted by atomic mass is 10.1. The molecule has 0 spiro atoms. The zero-order chi connectivity index (χ0) is 20.9. The normalized spacial score (nSPS) is 11.4. The predicted molar refractivity (Wildman–Crippen MR) is 102 cm³/mol. The number of rotatable bonds is 8. The van der Waals surface area contributed by atoms with Crippen LogP contribution in [0.25, 0.3) is 0 Å². The molecule has 2 N–H and O–H groups in total. The number of nitrogens with zero attached hydrogens (tertiary/aromatic N) is 1. The van der Waals surface area contributed by atoms with Gasteiger partial charge in [-0.3, -0.25) is 20.3 Å². The molecule has 0 heterocycles. The van der Waals surface area contributed by atoms with E-state index < -0.39 is 20.9 Å². The van der Waals surface area contributed by atoms with Crippen LogP contribution in [-0.4, -0.2) is 25.4 Å².